The molecule has 2 heterocycles. The Kier molecular flexibility index (Phi) is 8.16. The molecule has 5 rings (SSSR count). The maximum Gasteiger partial charge on any atom is 0.245 e. The van der Waals surface area contributed by atoms with E-state index in [9.17, 15) is 9.59 Å². The average molecular weight is 547 g/mol. The van der Waals surface area contributed by atoms with E-state index in [1.54, 1.807) is 18.7 Å². The molecule has 0 aromatic heterocycles. The Bertz CT molecular complexity index is 1140. The quantitative estimate of drug-likeness (QED) is 0.351. The van der Waals surface area contributed by atoms with E-state index in [0.717, 1.165) is 60.8 Å². The van der Waals surface area contributed by atoms with Crippen LogP contribution in [0.25, 0.3) is 0 Å². The molecular weight excluding hydrogens is 513 g/mol. The number of aryl methyl sites for hydroxylation is 1. The van der Waals surface area contributed by atoms with Crippen molar-refractivity contribution in [2.75, 3.05) is 34.5 Å². The summed E-state index contributed by atoms with van der Waals surface area (Å²) in [5, 5.41) is 1.39. The van der Waals surface area contributed by atoms with Gasteiger partial charge in [0, 0.05) is 53.8 Å². The van der Waals surface area contributed by atoms with Gasteiger partial charge in [-0.3, -0.25) is 9.69 Å². The molecule has 1 saturated carbocycles. The van der Waals surface area contributed by atoms with Crippen molar-refractivity contribution in [2.45, 2.75) is 64.1 Å². The lowest BCUT2D eigenvalue weighted by atomic mass is 10.0. The number of Topliss-reactive ketones (excluding diaryl/α,β-unsaturated/α-hetero) is 1. The first kappa shape index (κ1) is 25.9. The van der Waals surface area contributed by atoms with Gasteiger partial charge in [-0.15, -0.1) is 11.8 Å². The second kappa shape index (κ2) is 11.3. The fraction of sp³-hybridized carbons (Fsp3) is 0.500. The van der Waals surface area contributed by atoms with E-state index in [1.165, 1.54) is 18.5 Å². The molecule has 192 valence electrons. The number of fused-ring (bicyclic) bond motifs is 1. The van der Waals surface area contributed by atoms with Crippen LogP contribution in [-0.2, 0) is 22.6 Å². The summed E-state index contributed by atoms with van der Waals surface area (Å²) >= 11 is 15.1. The highest BCUT2D eigenvalue weighted by Gasteiger charge is 2.39. The van der Waals surface area contributed by atoms with Crippen molar-refractivity contribution in [3.05, 3.63) is 57.6 Å². The van der Waals surface area contributed by atoms with Gasteiger partial charge in [0.15, 0.2) is 0 Å². The van der Waals surface area contributed by atoms with Crippen LogP contribution in [0.1, 0.15) is 50.2 Å². The molecule has 1 aliphatic carbocycles. The molecule has 0 spiro atoms. The molecule has 1 saturated heterocycles. The normalized spacial score (nSPS) is 20.0. The Hall–Kier alpha value is -1.73. The van der Waals surface area contributed by atoms with Crippen LogP contribution in [0.15, 0.2) is 36.4 Å². The van der Waals surface area contributed by atoms with Gasteiger partial charge in [0.1, 0.15) is 5.78 Å². The molecule has 2 fully saturated rings. The molecule has 0 bridgehead atoms. The van der Waals surface area contributed by atoms with E-state index >= 15 is 0 Å². The van der Waals surface area contributed by atoms with E-state index < -0.39 is 0 Å². The standard InChI is InChI=1S/C28H33Cl2N3O2S/c1-19(34)6-2-3-7-20-14-24(30)21(15-23(20)29)16-31-18-36-17-27(31)28(35)33-13-12-32(22-10-11-22)25-8-4-5-9-26(25)33/h4-5,8-9,14-15,22,27H,2-3,6-7,10-13,16-18H2,1H3/t27-/m0/s1. The van der Waals surface area contributed by atoms with Gasteiger partial charge < -0.3 is 14.6 Å². The summed E-state index contributed by atoms with van der Waals surface area (Å²) in [6.07, 6.45) is 5.66. The summed E-state index contributed by atoms with van der Waals surface area (Å²) < 4.78 is 0. The number of carbonyl (C=O) groups is 2. The molecular formula is C28H33Cl2N3O2S. The molecule has 3 aliphatic rings. The van der Waals surface area contributed by atoms with Crippen molar-refractivity contribution in [2.24, 2.45) is 0 Å². The van der Waals surface area contributed by atoms with Crippen LogP contribution < -0.4 is 9.80 Å². The molecule has 0 N–H and O–H groups in total. The first-order valence-electron chi connectivity index (χ1n) is 12.9. The number of nitrogens with zero attached hydrogens (tertiary/aromatic N) is 3. The lowest BCUT2D eigenvalue weighted by molar-refractivity contribution is -0.122. The Balaban J connectivity index is 1.27. The second-order valence-electron chi connectivity index (χ2n) is 10.1. The van der Waals surface area contributed by atoms with Crippen molar-refractivity contribution in [3.8, 4) is 0 Å². The maximum absolute atomic E-state index is 13.8. The number of rotatable bonds is 9. The van der Waals surface area contributed by atoms with Gasteiger partial charge in [-0.1, -0.05) is 35.3 Å². The largest absolute Gasteiger partial charge is 0.365 e. The highest BCUT2D eigenvalue weighted by Crippen LogP contribution is 2.41. The zero-order chi connectivity index (χ0) is 25.2. The highest BCUT2D eigenvalue weighted by atomic mass is 35.5. The average Bonchev–Trinajstić information content (AvgIpc) is 3.61. The van der Waals surface area contributed by atoms with E-state index in [0.29, 0.717) is 29.1 Å². The van der Waals surface area contributed by atoms with Crippen LogP contribution >= 0.6 is 35.0 Å². The zero-order valence-corrected chi connectivity index (χ0v) is 23.0. The van der Waals surface area contributed by atoms with Crippen LogP contribution in [0.5, 0.6) is 0 Å². The van der Waals surface area contributed by atoms with E-state index in [4.69, 9.17) is 23.2 Å². The topological polar surface area (TPSA) is 43.9 Å². The minimum absolute atomic E-state index is 0.173. The van der Waals surface area contributed by atoms with Crippen molar-refractivity contribution in [1.82, 2.24) is 4.90 Å². The number of hydrogen-bond acceptors (Lipinski definition) is 5. The minimum Gasteiger partial charge on any atom is -0.365 e. The van der Waals surface area contributed by atoms with Gasteiger partial charge in [0.05, 0.1) is 17.4 Å². The van der Waals surface area contributed by atoms with Crippen LogP contribution in [0.2, 0.25) is 10.0 Å². The molecule has 1 amide bonds. The molecule has 0 unspecified atom stereocenters. The van der Waals surface area contributed by atoms with Gasteiger partial charge in [0.25, 0.3) is 0 Å². The number of benzene rings is 2. The number of carbonyl (C=O) groups excluding carboxylic acids is 2. The summed E-state index contributed by atoms with van der Waals surface area (Å²) in [6.45, 7) is 3.84. The zero-order valence-electron chi connectivity index (χ0n) is 20.7. The van der Waals surface area contributed by atoms with Crippen LogP contribution in [-0.4, -0.2) is 53.4 Å². The third kappa shape index (κ3) is 5.72. The van der Waals surface area contributed by atoms with Gasteiger partial charge in [-0.25, -0.2) is 0 Å². The fourth-order valence-corrected chi connectivity index (χ4v) is 6.98. The molecule has 1 atom stereocenters. The fourth-order valence-electron chi connectivity index (χ4n) is 5.27. The number of halogens is 2. The number of para-hydroxylation sites is 2. The third-order valence-corrected chi connectivity index (χ3v) is 9.14. The van der Waals surface area contributed by atoms with Gasteiger partial charge in [0.2, 0.25) is 5.91 Å². The van der Waals surface area contributed by atoms with Crippen LogP contribution in [0.4, 0.5) is 11.4 Å². The monoisotopic (exact) mass is 545 g/mol. The Morgan fingerprint density at radius 2 is 1.72 bits per heavy atom. The van der Waals surface area contributed by atoms with E-state index in [-0.39, 0.29) is 17.7 Å². The van der Waals surface area contributed by atoms with Crippen molar-refractivity contribution in [3.63, 3.8) is 0 Å². The SMILES string of the molecule is CC(=O)CCCCc1cc(Cl)c(CN2CSC[C@H]2C(=O)N2CCN(C3CC3)c3ccccc32)cc1Cl. The Morgan fingerprint density at radius 3 is 2.47 bits per heavy atom. The minimum atomic E-state index is -0.184. The number of anilines is 2. The molecule has 2 aliphatic heterocycles. The van der Waals surface area contributed by atoms with Crippen LogP contribution in [0.3, 0.4) is 0 Å². The molecule has 36 heavy (non-hydrogen) atoms. The van der Waals surface area contributed by atoms with E-state index in [2.05, 4.69) is 28.0 Å². The summed E-state index contributed by atoms with van der Waals surface area (Å²) in [6, 6.07) is 12.7. The predicted molar refractivity (Wildman–Crippen MR) is 151 cm³/mol. The highest BCUT2D eigenvalue weighted by molar-refractivity contribution is 7.99. The van der Waals surface area contributed by atoms with Gasteiger partial charge in [-0.05, 0) is 74.4 Å². The number of unbranched alkanes of at least 4 members (excludes halogenated alkanes) is 1. The number of ketones is 1. The molecule has 2 aromatic rings. The first-order valence-corrected chi connectivity index (χ1v) is 14.8. The molecule has 8 heteroatoms. The predicted octanol–water partition coefficient (Wildman–Crippen LogP) is 6.19. The number of hydrogen-bond donors (Lipinski definition) is 0. The van der Waals surface area contributed by atoms with E-state index in [1.807, 2.05) is 23.1 Å². The smallest absolute Gasteiger partial charge is 0.245 e. The summed E-state index contributed by atoms with van der Waals surface area (Å²) in [5.74, 6) is 1.96. The Morgan fingerprint density at radius 1 is 1.00 bits per heavy atom. The maximum atomic E-state index is 13.8. The first-order chi connectivity index (χ1) is 17.4. The lowest BCUT2D eigenvalue weighted by Crippen LogP contribution is -2.52. The molecule has 5 nitrogen and oxygen atoms in total. The van der Waals surface area contributed by atoms with Crippen LogP contribution in [0, 0.1) is 0 Å². The Labute approximate surface area is 228 Å². The third-order valence-electron chi connectivity index (χ3n) is 7.37. The van der Waals surface area contributed by atoms with Crippen molar-refractivity contribution < 1.29 is 9.59 Å². The van der Waals surface area contributed by atoms with Crippen molar-refractivity contribution >= 4 is 58.0 Å². The van der Waals surface area contributed by atoms with Gasteiger partial charge >= 0.3 is 0 Å². The van der Waals surface area contributed by atoms with Crippen molar-refractivity contribution in [1.29, 1.82) is 0 Å². The summed E-state index contributed by atoms with van der Waals surface area (Å²) in [5.41, 5.74) is 4.19. The lowest BCUT2D eigenvalue weighted by Gasteiger charge is -2.39. The molecule has 2 aromatic carbocycles. The number of thioether (sulfide) groups is 1. The number of amides is 1. The second-order valence-corrected chi connectivity index (χ2v) is 11.9. The summed E-state index contributed by atoms with van der Waals surface area (Å²) in [4.78, 5) is 31.7. The summed E-state index contributed by atoms with van der Waals surface area (Å²) in [7, 11) is 0. The molecule has 0 radical (unpaired) electrons. The van der Waals surface area contributed by atoms with Gasteiger partial charge in [-0.2, -0.15) is 0 Å².